The Hall–Kier alpha value is -3.85. The van der Waals surface area contributed by atoms with Gasteiger partial charge in [-0.3, -0.25) is 19.3 Å². The number of nitrogens with zero attached hydrogens (tertiary/aromatic N) is 3. The molecule has 5 rings (SSSR count). The van der Waals surface area contributed by atoms with Gasteiger partial charge < -0.3 is 24.6 Å². The number of para-hydroxylation sites is 1. The van der Waals surface area contributed by atoms with E-state index < -0.39 is 0 Å². The number of fused-ring (bicyclic) bond motifs is 1. The summed E-state index contributed by atoms with van der Waals surface area (Å²) in [7, 11) is 0. The van der Waals surface area contributed by atoms with Crippen molar-refractivity contribution in [3.05, 3.63) is 60.2 Å². The Morgan fingerprint density at radius 2 is 1.78 bits per heavy atom. The molecule has 0 saturated carbocycles. The molecular weight excluding hydrogens is 460 g/mol. The van der Waals surface area contributed by atoms with Gasteiger partial charge in [-0.05, 0) is 35.9 Å². The van der Waals surface area contributed by atoms with Crippen LogP contribution in [-0.2, 0) is 14.4 Å². The molecular formula is C27H30N4O5. The highest BCUT2D eigenvalue weighted by atomic mass is 16.7. The maximum atomic E-state index is 12.6. The summed E-state index contributed by atoms with van der Waals surface area (Å²) in [5.41, 5.74) is 1.72. The van der Waals surface area contributed by atoms with E-state index in [1.54, 1.807) is 17.1 Å². The second kappa shape index (κ2) is 10.8. The molecule has 1 atom stereocenters. The van der Waals surface area contributed by atoms with Crippen LogP contribution in [-0.4, -0.2) is 80.1 Å². The van der Waals surface area contributed by atoms with Crippen LogP contribution in [0.25, 0.3) is 6.08 Å². The average molecular weight is 491 g/mol. The van der Waals surface area contributed by atoms with Crippen molar-refractivity contribution in [2.45, 2.75) is 6.42 Å². The van der Waals surface area contributed by atoms with Crippen LogP contribution in [0.5, 0.6) is 11.5 Å². The van der Waals surface area contributed by atoms with Crippen molar-refractivity contribution >= 4 is 29.5 Å². The number of piperazine rings is 1. The molecule has 3 aliphatic heterocycles. The molecule has 3 amide bonds. The standard InChI is InChI=1S/C27H30N4O5/c32-25(9-7-20-6-8-23-24(16-20)36-19-35-23)30-14-12-29(13-15-30)11-10-28-27(34)21-17-26(33)31(18-21)22-4-2-1-3-5-22/h1-9,16,21H,10-15,17-19H2,(H,28,34)/b9-7+. The number of carbonyl (C=O) groups excluding carboxylic acids is 3. The Morgan fingerprint density at radius 1 is 1.00 bits per heavy atom. The molecule has 188 valence electrons. The number of benzene rings is 2. The SMILES string of the molecule is O=C(NCCN1CCN(C(=O)/C=C/c2ccc3c(c2)OCO3)CC1)C1CC(=O)N(c2ccccc2)C1. The van der Waals surface area contributed by atoms with Gasteiger partial charge >= 0.3 is 0 Å². The summed E-state index contributed by atoms with van der Waals surface area (Å²) in [6, 6.07) is 15.0. The van der Waals surface area contributed by atoms with E-state index in [-0.39, 0.29) is 36.9 Å². The second-order valence-corrected chi connectivity index (χ2v) is 9.14. The fraction of sp³-hybridized carbons (Fsp3) is 0.370. The number of hydrogen-bond acceptors (Lipinski definition) is 6. The van der Waals surface area contributed by atoms with Gasteiger partial charge in [-0.25, -0.2) is 0 Å². The lowest BCUT2D eigenvalue weighted by Crippen LogP contribution is -2.50. The molecule has 9 heteroatoms. The minimum atomic E-state index is -0.330. The van der Waals surface area contributed by atoms with Crippen LogP contribution in [0.3, 0.4) is 0 Å². The highest BCUT2D eigenvalue weighted by Gasteiger charge is 2.35. The first kappa shape index (κ1) is 23.9. The van der Waals surface area contributed by atoms with Crippen molar-refractivity contribution in [3.8, 4) is 11.5 Å². The quantitative estimate of drug-likeness (QED) is 0.595. The van der Waals surface area contributed by atoms with Crippen molar-refractivity contribution in [1.29, 1.82) is 0 Å². The zero-order chi connectivity index (χ0) is 24.9. The average Bonchev–Trinajstić information content (AvgIpc) is 3.54. The van der Waals surface area contributed by atoms with Gasteiger partial charge in [0.25, 0.3) is 0 Å². The minimum absolute atomic E-state index is 0.0188. The monoisotopic (exact) mass is 490 g/mol. The van der Waals surface area contributed by atoms with Gasteiger partial charge in [0, 0.05) is 64.0 Å². The molecule has 0 bridgehead atoms. The van der Waals surface area contributed by atoms with E-state index in [1.165, 1.54) is 0 Å². The largest absolute Gasteiger partial charge is 0.454 e. The molecule has 2 fully saturated rings. The first-order valence-electron chi connectivity index (χ1n) is 12.3. The molecule has 2 saturated heterocycles. The van der Waals surface area contributed by atoms with Crippen LogP contribution in [0.4, 0.5) is 5.69 Å². The molecule has 1 N–H and O–H groups in total. The summed E-state index contributed by atoms with van der Waals surface area (Å²) in [6.45, 7) is 4.66. The summed E-state index contributed by atoms with van der Waals surface area (Å²) in [6.07, 6.45) is 3.62. The van der Waals surface area contributed by atoms with Crippen molar-refractivity contribution in [2.75, 3.05) is 57.5 Å². The van der Waals surface area contributed by atoms with Crippen LogP contribution in [0.15, 0.2) is 54.6 Å². The summed E-state index contributed by atoms with van der Waals surface area (Å²) >= 11 is 0. The van der Waals surface area contributed by atoms with Crippen molar-refractivity contribution in [3.63, 3.8) is 0 Å². The van der Waals surface area contributed by atoms with Crippen LogP contribution >= 0.6 is 0 Å². The third-order valence-corrected chi connectivity index (χ3v) is 6.79. The number of anilines is 1. The molecule has 0 spiro atoms. The van der Waals surface area contributed by atoms with Crippen molar-refractivity contribution < 1.29 is 23.9 Å². The Labute approximate surface area is 210 Å². The van der Waals surface area contributed by atoms with E-state index in [4.69, 9.17) is 9.47 Å². The molecule has 0 aromatic heterocycles. The van der Waals surface area contributed by atoms with Gasteiger partial charge in [-0.15, -0.1) is 0 Å². The highest BCUT2D eigenvalue weighted by Crippen LogP contribution is 2.32. The topological polar surface area (TPSA) is 91.4 Å². The maximum Gasteiger partial charge on any atom is 0.246 e. The van der Waals surface area contributed by atoms with E-state index in [9.17, 15) is 14.4 Å². The molecule has 0 aliphatic carbocycles. The molecule has 3 heterocycles. The molecule has 0 radical (unpaired) electrons. The number of hydrogen-bond donors (Lipinski definition) is 1. The summed E-state index contributed by atoms with van der Waals surface area (Å²) < 4.78 is 10.7. The van der Waals surface area contributed by atoms with Gasteiger partial charge in [-0.2, -0.15) is 0 Å². The molecule has 2 aromatic carbocycles. The Morgan fingerprint density at radius 3 is 2.58 bits per heavy atom. The Bertz CT molecular complexity index is 1140. The predicted molar refractivity (Wildman–Crippen MR) is 135 cm³/mol. The summed E-state index contributed by atoms with van der Waals surface area (Å²) in [5, 5.41) is 2.98. The lowest BCUT2D eigenvalue weighted by Gasteiger charge is -2.34. The number of nitrogens with one attached hydrogen (secondary N) is 1. The van der Waals surface area contributed by atoms with Gasteiger partial charge in [0.15, 0.2) is 11.5 Å². The van der Waals surface area contributed by atoms with Crippen LogP contribution in [0.2, 0.25) is 0 Å². The van der Waals surface area contributed by atoms with Gasteiger partial charge in [0.05, 0.1) is 5.92 Å². The number of carbonyl (C=O) groups is 3. The molecule has 1 unspecified atom stereocenters. The van der Waals surface area contributed by atoms with Crippen molar-refractivity contribution in [2.24, 2.45) is 5.92 Å². The van der Waals surface area contributed by atoms with E-state index in [0.717, 1.165) is 30.1 Å². The molecule has 36 heavy (non-hydrogen) atoms. The zero-order valence-electron chi connectivity index (χ0n) is 20.1. The lowest BCUT2D eigenvalue weighted by molar-refractivity contribution is -0.127. The Balaban J connectivity index is 1.01. The van der Waals surface area contributed by atoms with E-state index >= 15 is 0 Å². The van der Waals surface area contributed by atoms with Crippen LogP contribution in [0.1, 0.15) is 12.0 Å². The van der Waals surface area contributed by atoms with Crippen LogP contribution in [0, 0.1) is 5.92 Å². The predicted octanol–water partition coefficient (Wildman–Crippen LogP) is 1.74. The smallest absolute Gasteiger partial charge is 0.246 e. The number of amides is 3. The normalized spacial score (nSPS) is 19.8. The summed E-state index contributed by atoms with van der Waals surface area (Å²) in [5.74, 6) is 0.965. The maximum absolute atomic E-state index is 12.6. The fourth-order valence-corrected chi connectivity index (χ4v) is 4.70. The minimum Gasteiger partial charge on any atom is -0.454 e. The van der Waals surface area contributed by atoms with Gasteiger partial charge in [0.1, 0.15) is 0 Å². The first-order valence-corrected chi connectivity index (χ1v) is 12.3. The van der Waals surface area contributed by atoms with Gasteiger partial charge in [0.2, 0.25) is 24.5 Å². The van der Waals surface area contributed by atoms with E-state index in [1.807, 2.05) is 53.4 Å². The van der Waals surface area contributed by atoms with Crippen LogP contribution < -0.4 is 19.7 Å². The zero-order valence-corrected chi connectivity index (χ0v) is 20.1. The van der Waals surface area contributed by atoms with E-state index in [0.29, 0.717) is 38.5 Å². The summed E-state index contributed by atoms with van der Waals surface area (Å²) in [4.78, 5) is 43.3. The van der Waals surface area contributed by atoms with Gasteiger partial charge in [-0.1, -0.05) is 24.3 Å². The second-order valence-electron chi connectivity index (χ2n) is 9.14. The first-order chi connectivity index (χ1) is 17.6. The molecule has 2 aromatic rings. The fourth-order valence-electron chi connectivity index (χ4n) is 4.70. The van der Waals surface area contributed by atoms with Crippen molar-refractivity contribution in [1.82, 2.24) is 15.1 Å². The molecule has 9 nitrogen and oxygen atoms in total. The third-order valence-electron chi connectivity index (χ3n) is 6.79. The number of ether oxygens (including phenoxy) is 2. The third kappa shape index (κ3) is 5.52. The Kier molecular flexibility index (Phi) is 7.18. The number of rotatable bonds is 7. The highest BCUT2D eigenvalue weighted by molar-refractivity contribution is 6.00. The van der Waals surface area contributed by atoms with E-state index in [2.05, 4.69) is 10.2 Å². The molecule has 3 aliphatic rings. The lowest BCUT2D eigenvalue weighted by atomic mass is 10.1.